The molecule has 0 saturated heterocycles. The van der Waals surface area contributed by atoms with E-state index in [-0.39, 0.29) is 29.5 Å². The van der Waals surface area contributed by atoms with Gasteiger partial charge in [0.05, 0.1) is 6.42 Å². The molecule has 0 unspecified atom stereocenters. The summed E-state index contributed by atoms with van der Waals surface area (Å²) in [4.78, 5) is 14.9. The average molecular weight is 361 g/mol. The highest BCUT2D eigenvalue weighted by Crippen LogP contribution is 2.30. The minimum atomic E-state index is -4.55. The fraction of sp³-hybridized carbons (Fsp3) is 0.125. The lowest BCUT2D eigenvalue weighted by atomic mass is 10.1. The summed E-state index contributed by atoms with van der Waals surface area (Å²) < 4.78 is 43.2. The van der Waals surface area contributed by atoms with Crippen LogP contribution in [0.15, 0.2) is 45.6 Å². The van der Waals surface area contributed by atoms with Gasteiger partial charge in [0.1, 0.15) is 11.4 Å². The van der Waals surface area contributed by atoms with Crippen LogP contribution < -0.4 is 5.56 Å². The zero-order valence-electron chi connectivity index (χ0n) is 13.0. The fourth-order valence-electron chi connectivity index (χ4n) is 2.49. The molecule has 3 heterocycles. The minimum Gasteiger partial charge on any atom is -0.419 e. The average Bonchev–Trinajstić information content (AvgIpc) is 3.24. The van der Waals surface area contributed by atoms with E-state index < -0.39 is 11.9 Å². The topological polar surface area (TPSA) is 100 Å². The number of nitrogens with zero attached hydrogens (tertiary/aromatic N) is 3. The molecule has 0 bridgehead atoms. The first-order valence-electron chi connectivity index (χ1n) is 7.46. The van der Waals surface area contributed by atoms with E-state index in [4.69, 9.17) is 4.42 Å². The summed E-state index contributed by atoms with van der Waals surface area (Å²) in [5.74, 6) is -0.0682. The number of H-pyrrole nitrogens is 2. The number of fused-ring (bicyclic) bond motifs is 1. The molecule has 0 spiro atoms. The van der Waals surface area contributed by atoms with Crippen molar-refractivity contribution in [3.05, 3.63) is 63.9 Å². The molecule has 4 rings (SSSR count). The van der Waals surface area contributed by atoms with E-state index in [1.165, 1.54) is 0 Å². The third kappa shape index (κ3) is 2.96. The molecule has 0 saturated carbocycles. The predicted octanol–water partition coefficient (Wildman–Crippen LogP) is 2.91. The molecule has 132 valence electrons. The van der Waals surface area contributed by atoms with Crippen molar-refractivity contribution in [2.45, 2.75) is 12.6 Å². The van der Waals surface area contributed by atoms with Gasteiger partial charge in [-0.05, 0) is 17.5 Å². The van der Waals surface area contributed by atoms with Crippen LogP contribution in [0.4, 0.5) is 13.2 Å². The number of hydrogen-bond donors (Lipinski definition) is 2. The highest BCUT2D eigenvalue weighted by Gasteiger charge is 2.33. The summed E-state index contributed by atoms with van der Waals surface area (Å²) in [7, 11) is 0. The van der Waals surface area contributed by atoms with Crippen molar-refractivity contribution in [3.8, 4) is 11.6 Å². The first-order valence-corrected chi connectivity index (χ1v) is 7.46. The Balaban J connectivity index is 1.62. The minimum absolute atomic E-state index is 0.0454. The van der Waals surface area contributed by atoms with Crippen molar-refractivity contribution in [1.29, 1.82) is 0 Å². The van der Waals surface area contributed by atoms with Crippen molar-refractivity contribution in [1.82, 2.24) is 25.4 Å². The molecule has 10 heteroatoms. The Morgan fingerprint density at radius 1 is 1.12 bits per heavy atom. The number of nitrogens with one attached hydrogen (secondary N) is 2. The Morgan fingerprint density at radius 2 is 1.92 bits per heavy atom. The second kappa shape index (κ2) is 5.83. The van der Waals surface area contributed by atoms with Gasteiger partial charge in [-0.1, -0.05) is 18.2 Å². The van der Waals surface area contributed by atoms with Gasteiger partial charge < -0.3 is 9.40 Å². The molecule has 0 aliphatic rings. The normalized spacial score (nSPS) is 12.0. The predicted molar refractivity (Wildman–Crippen MR) is 84.3 cm³/mol. The molecule has 2 N–H and O–H groups in total. The maximum atomic E-state index is 12.6. The van der Waals surface area contributed by atoms with Gasteiger partial charge in [-0.25, -0.2) is 0 Å². The summed E-state index contributed by atoms with van der Waals surface area (Å²) in [6.07, 6.45) is -4.50. The molecule has 4 aromatic rings. The lowest BCUT2D eigenvalue weighted by Gasteiger charge is -2.00. The van der Waals surface area contributed by atoms with Crippen LogP contribution in [-0.2, 0) is 12.6 Å². The molecule has 0 radical (unpaired) electrons. The molecular formula is C16H10F3N5O2. The van der Waals surface area contributed by atoms with Gasteiger partial charge in [0.25, 0.3) is 11.4 Å². The number of aromatic amines is 2. The maximum absolute atomic E-state index is 12.6. The summed E-state index contributed by atoms with van der Waals surface area (Å²) in [6, 6.07) is 9.75. The summed E-state index contributed by atoms with van der Waals surface area (Å²) in [5.41, 5.74) is -0.343. The lowest BCUT2D eigenvalue weighted by molar-refractivity contribution is -0.141. The number of pyridine rings is 1. The first-order chi connectivity index (χ1) is 12.4. The van der Waals surface area contributed by atoms with Crippen LogP contribution in [0.5, 0.6) is 0 Å². The van der Waals surface area contributed by atoms with Crippen LogP contribution in [-0.4, -0.2) is 25.4 Å². The monoisotopic (exact) mass is 361 g/mol. The molecule has 0 amide bonds. The van der Waals surface area contributed by atoms with Crippen molar-refractivity contribution < 1.29 is 17.6 Å². The third-order valence-electron chi connectivity index (χ3n) is 3.74. The number of rotatable bonds is 3. The van der Waals surface area contributed by atoms with E-state index in [9.17, 15) is 18.0 Å². The van der Waals surface area contributed by atoms with Crippen LogP contribution in [0.3, 0.4) is 0 Å². The van der Waals surface area contributed by atoms with Gasteiger partial charge in [0, 0.05) is 17.1 Å². The van der Waals surface area contributed by atoms with Crippen molar-refractivity contribution in [2.24, 2.45) is 0 Å². The van der Waals surface area contributed by atoms with Gasteiger partial charge in [-0.3, -0.25) is 9.89 Å². The van der Waals surface area contributed by atoms with Gasteiger partial charge in [-0.15, -0.1) is 10.2 Å². The fourth-order valence-corrected chi connectivity index (χ4v) is 2.49. The van der Waals surface area contributed by atoms with E-state index in [1.54, 1.807) is 18.2 Å². The van der Waals surface area contributed by atoms with E-state index in [0.717, 1.165) is 11.5 Å². The third-order valence-corrected chi connectivity index (χ3v) is 3.74. The van der Waals surface area contributed by atoms with Gasteiger partial charge in [0.2, 0.25) is 5.89 Å². The molecule has 0 fully saturated rings. The summed E-state index contributed by atoms with van der Waals surface area (Å²) in [6.45, 7) is 0. The molecule has 7 nitrogen and oxygen atoms in total. The Bertz CT molecular complexity index is 1140. The highest BCUT2D eigenvalue weighted by molar-refractivity contribution is 5.78. The van der Waals surface area contributed by atoms with E-state index in [1.807, 2.05) is 17.2 Å². The molecule has 0 aliphatic carbocycles. The van der Waals surface area contributed by atoms with Gasteiger partial charge in [0.15, 0.2) is 0 Å². The smallest absolute Gasteiger partial charge is 0.419 e. The second-order valence-corrected chi connectivity index (χ2v) is 5.55. The van der Waals surface area contributed by atoms with Gasteiger partial charge >= 0.3 is 6.18 Å². The molecule has 1 aromatic carbocycles. The number of para-hydroxylation sites is 1. The zero-order valence-corrected chi connectivity index (χ0v) is 13.0. The number of alkyl halides is 3. The Kier molecular flexibility index (Phi) is 3.60. The largest absolute Gasteiger partial charge is 0.432 e. The first kappa shape index (κ1) is 16.1. The van der Waals surface area contributed by atoms with Crippen molar-refractivity contribution in [2.75, 3.05) is 0 Å². The number of hydrogen-bond acceptors (Lipinski definition) is 5. The van der Waals surface area contributed by atoms with Crippen LogP contribution in [0, 0.1) is 0 Å². The standard InChI is InChI=1S/C16H10F3N5O2/c17-16(18,19)12-7-11(21-22-12)15-24-23-13(26-15)6-9-5-8-3-1-2-4-10(8)20-14(9)25/h1-5,7H,6H2,(H,20,25)(H,21,22). The molecule has 0 aliphatic heterocycles. The zero-order chi connectivity index (χ0) is 18.3. The van der Waals surface area contributed by atoms with Crippen molar-refractivity contribution in [3.63, 3.8) is 0 Å². The summed E-state index contributed by atoms with van der Waals surface area (Å²) in [5, 5.41) is 13.7. The van der Waals surface area contributed by atoms with Crippen molar-refractivity contribution >= 4 is 10.9 Å². The van der Waals surface area contributed by atoms with E-state index >= 15 is 0 Å². The van der Waals surface area contributed by atoms with Crippen LogP contribution in [0.25, 0.3) is 22.5 Å². The molecule has 3 aromatic heterocycles. The number of benzene rings is 1. The molecule has 0 atom stereocenters. The quantitative estimate of drug-likeness (QED) is 0.584. The van der Waals surface area contributed by atoms with Crippen LogP contribution >= 0.6 is 0 Å². The number of halogens is 3. The molecule has 26 heavy (non-hydrogen) atoms. The summed E-state index contributed by atoms with van der Waals surface area (Å²) >= 11 is 0. The second-order valence-electron chi connectivity index (χ2n) is 5.55. The Hall–Kier alpha value is -3.43. The Labute approximate surface area is 142 Å². The van der Waals surface area contributed by atoms with Crippen LogP contribution in [0.2, 0.25) is 0 Å². The van der Waals surface area contributed by atoms with E-state index in [0.29, 0.717) is 11.1 Å². The number of aromatic nitrogens is 5. The van der Waals surface area contributed by atoms with Gasteiger partial charge in [-0.2, -0.15) is 18.3 Å². The van der Waals surface area contributed by atoms with E-state index in [2.05, 4.69) is 20.3 Å². The molecular weight excluding hydrogens is 351 g/mol. The van der Waals surface area contributed by atoms with Crippen LogP contribution in [0.1, 0.15) is 17.1 Å². The maximum Gasteiger partial charge on any atom is 0.432 e. The highest BCUT2D eigenvalue weighted by atomic mass is 19.4. The SMILES string of the molecule is O=c1[nH]c2ccccc2cc1Cc1nnc(-c2cc(C(F)(F)F)[nH]n2)o1. The lowest BCUT2D eigenvalue weighted by Crippen LogP contribution is -2.12. The Morgan fingerprint density at radius 3 is 2.69 bits per heavy atom.